The van der Waals surface area contributed by atoms with Crippen molar-refractivity contribution < 1.29 is 0 Å². The van der Waals surface area contributed by atoms with Crippen LogP contribution in [0.2, 0.25) is 0 Å². The zero-order chi connectivity index (χ0) is 48.0. The van der Waals surface area contributed by atoms with Crippen molar-refractivity contribution in [1.29, 1.82) is 0 Å². The van der Waals surface area contributed by atoms with E-state index in [4.69, 9.17) is 0 Å². The second-order valence-electron chi connectivity index (χ2n) is 28.1. The lowest BCUT2D eigenvalue weighted by molar-refractivity contribution is 0.332. The third-order valence-corrected chi connectivity index (χ3v) is 18.1. The fraction of sp³-hybridized carbons (Fsp3) is 0.524. The van der Waals surface area contributed by atoms with Crippen molar-refractivity contribution >= 4 is 57.2 Å². The van der Waals surface area contributed by atoms with Gasteiger partial charge in [0.2, 0.25) is 0 Å². The van der Waals surface area contributed by atoms with E-state index in [0.29, 0.717) is 0 Å². The van der Waals surface area contributed by atoms with Crippen molar-refractivity contribution in [3.63, 3.8) is 0 Å². The molecule has 3 heteroatoms. The molecule has 0 spiro atoms. The number of aryl methyl sites for hydroxylation is 2. The normalized spacial score (nSPS) is 21.1. The van der Waals surface area contributed by atoms with Gasteiger partial charge >= 0.3 is 0 Å². The van der Waals surface area contributed by atoms with E-state index >= 15 is 0 Å². The summed E-state index contributed by atoms with van der Waals surface area (Å²) in [4.78, 5) is 5.52. The van der Waals surface area contributed by atoms with Crippen molar-refractivity contribution in [3.8, 4) is 0 Å². The summed E-state index contributed by atoms with van der Waals surface area (Å²) in [6.45, 7) is 49.0. The summed E-state index contributed by atoms with van der Waals surface area (Å²) >= 11 is 0. The first-order valence-electron chi connectivity index (χ1n) is 25.7. The Labute approximate surface area is 401 Å². The summed E-state index contributed by atoms with van der Waals surface area (Å²) in [6.07, 6.45) is 5.93. The number of fused-ring (bicyclic) bond motifs is 7. The Morgan fingerprint density at radius 1 is 0.379 bits per heavy atom. The highest BCUT2D eigenvalue weighted by molar-refractivity contribution is 7.00. The van der Waals surface area contributed by atoms with E-state index in [-0.39, 0.29) is 50.0 Å². The maximum atomic E-state index is 2.77. The van der Waals surface area contributed by atoms with Gasteiger partial charge in [0.25, 0.3) is 6.71 Å². The highest BCUT2D eigenvalue weighted by Gasteiger charge is 2.49. The summed E-state index contributed by atoms with van der Waals surface area (Å²) in [5, 5.41) is 0. The predicted octanol–water partition coefficient (Wildman–Crippen LogP) is 15.6. The second-order valence-corrected chi connectivity index (χ2v) is 28.1. The molecule has 10 rings (SSSR count). The molecule has 0 amide bonds. The molecule has 0 fully saturated rings. The monoisotopic (exact) mass is 877 g/mol. The van der Waals surface area contributed by atoms with E-state index in [2.05, 4.69) is 215 Å². The third-order valence-electron chi connectivity index (χ3n) is 18.1. The van der Waals surface area contributed by atoms with Crippen LogP contribution in [0.5, 0.6) is 0 Å². The minimum absolute atomic E-state index is 0.0142. The van der Waals surface area contributed by atoms with Crippen LogP contribution in [-0.2, 0) is 43.3 Å². The van der Waals surface area contributed by atoms with Gasteiger partial charge in [-0.3, -0.25) is 0 Å². The number of nitrogens with zero attached hydrogens (tertiary/aromatic N) is 2. The molecule has 5 aliphatic rings. The zero-order valence-electron chi connectivity index (χ0n) is 44.9. The fourth-order valence-corrected chi connectivity index (χ4v) is 13.8. The van der Waals surface area contributed by atoms with Gasteiger partial charge in [0.1, 0.15) is 0 Å². The van der Waals surface area contributed by atoms with E-state index in [1.165, 1.54) is 132 Å². The van der Waals surface area contributed by atoms with Gasteiger partial charge in [0.15, 0.2) is 0 Å². The summed E-state index contributed by atoms with van der Waals surface area (Å²) < 4.78 is 0. The maximum Gasteiger partial charge on any atom is 0.252 e. The van der Waals surface area contributed by atoms with Crippen LogP contribution < -0.4 is 26.2 Å². The molecule has 0 radical (unpaired) electrons. The van der Waals surface area contributed by atoms with Gasteiger partial charge < -0.3 is 9.80 Å². The quantitative estimate of drug-likeness (QED) is 0.160. The Balaban J connectivity index is 1.38. The van der Waals surface area contributed by atoms with E-state index in [1.807, 2.05) is 0 Å². The minimum atomic E-state index is -0.0933. The summed E-state index contributed by atoms with van der Waals surface area (Å²) in [5.41, 5.74) is 27.4. The molecule has 66 heavy (non-hydrogen) atoms. The van der Waals surface area contributed by atoms with Crippen LogP contribution in [0, 0.1) is 13.8 Å². The number of hydrogen-bond donors (Lipinski definition) is 0. The molecular weight excluding hydrogens is 796 g/mol. The molecule has 346 valence electrons. The molecule has 0 N–H and O–H groups in total. The average molecular weight is 877 g/mol. The van der Waals surface area contributed by atoms with Gasteiger partial charge in [-0.25, -0.2) is 0 Å². The fourth-order valence-electron chi connectivity index (χ4n) is 13.8. The Morgan fingerprint density at radius 2 is 0.727 bits per heavy atom. The standard InChI is InChI=1S/C63H81BN2/c1-37-27-41-44(60(13,14)25-23-58(41,9)10)33-49(37)65-51-29-39(56(3,4)5)21-22-47(51)64-48-32-43-45(61(15,16)26-24-59(43,11)12)35-52(48)66(54-31-40(57(6,7)8)30-53(65)55(54)64)50-34-46-42(28-38(50)2)62(17,18)36-63(46,19)20/h21-22,27-35H,23-26,36H2,1-20H3. The van der Waals surface area contributed by atoms with Crippen molar-refractivity contribution in [2.45, 2.75) is 214 Å². The van der Waals surface area contributed by atoms with Gasteiger partial charge in [-0.05, 0) is 198 Å². The van der Waals surface area contributed by atoms with Gasteiger partial charge in [0.05, 0.1) is 0 Å². The molecule has 5 aromatic rings. The number of rotatable bonds is 2. The number of hydrogen-bond acceptors (Lipinski definition) is 2. The van der Waals surface area contributed by atoms with Crippen LogP contribution in [0.3, 0.4) is 0 Å². The highest BCUT2D eigenvalue weighted by Crippen LogP contribution is 2.56. The van der Waals surface area contributed by atoms with E-state index in [9.17, 15) is 0 Å². The van der Waals surface area contributed by atoms with Crippen LogP contribution in [-0.4, -0.2) is 6.71 Å². The molecule has 3 aliphatic carbocycles. The first-order valence-corrected chi connectivity index (χ1v) is 25.7. The molecule has 0 atom stereocenters. The molecule has 2 heterocycles. The first-order chi connectivity index (χ1) is 30.3. The Bertz CT molecular complexity index is 2900. The largest absolute Gasteiger partial charge is 0.311 e. The molecule has 0 saturated heterocycles. The highest BCUT2D eigenvalue weighted by atomic mass is 15.2. The lowest BCUT2D eigenvalue weighted by Crippen LogP contribution is -2.62. The van der Waals surface area contributed by atoms with E-state index < -0.39 is 0 Å². The average Bonchev–Trinajstić information content (AvgIpc) is 3.38. The van der Waals surface area contributed by atoms with E-state index in [0.717, 1.165) is 6.42 Å². The summed E-state index contributed by atoms with van der Waals surface area (Å²) in [5.74, 6) is 0. The molecular formula is C63H81BN2. The van der Waals surface area contributed by atoms with E-state index in [1.54, 1.807) is 0 Å². The molecule has 0 unspecified atom stereocenters. The molecule has 0 aromatic heterocycles. The number of anilines is 6. The van der Waals surface area contributed by atoms with Crippen LogP contribution >= 0.6 is 0 Å². The summed E-state index contributed by atoms with van der Waals surface area (Å²) in [6, 6.07) is 28.6. The third kappa shape index (κ3) is 6.61. The first kappa shape index (κ1) is 45.5. The Hall–Kier alpha value is -4.24. The van der Waals surface area contributed by atoms with Crippen LogP contribution in [0.1, 0.15) is 212 Å². The zero-order valence-corrected chi connectivity index (χ0v) is 44.9. The minimum Gasteiger partial charge on any atom is -0.311 e. The smallest absolute Gasteiger partial charge is 0.252 e. The van der Waals surface area contributed by atoms with Crippen molar-refractivity contribution in [1.82, 2.24) is 0 Å². The molecule has 0 bridgehead atoms. The second kappa shape index (κ2) is 13.7. The lowest BCUT2D eigenvalue weighted by Gasteiger charge is -2.49. The molecule has 2 nitrogen and oxygen atoms in total. The van der Waals surface area contributed by atoms with Crippen LogP contribution in [0.15, 0.2) is 66.7 Å². The SMILES string of the molecule is Cc1cc2c(cc1N1c3cc(C(C)(C)C)ccc3B3c4cc5c(cc4N(c4cc6c(cc4C)C(C)(C)CC6(C)C)c4cc(C(C)(C)C)cc1c43)C(C)(C)CCC5(C)C)C(C)(C)CCC2(C)C. The van der Waals surface area contributed by atoms with Crippen molar-refractivity contribution in [2.24, 2.45) is 0 Å². The lowest BCUT2D eigenvalue weighted by atomic mass is 9.33. The molecule has 0 saturated carbocycles. The van der Waals surface area contributed by atoms with Crippen LogP contribution in [0.4, 0.5) is 34.1 Å². The summed E-state index contributed by atoms with van der Waals surface area (Å²) in [7, 11) is 0. The van der Waals surface area contributed by atoms with Gasteiger partial charge in [-0.15, -0.1) is 0 Å². The molecule has 2 aliphatic heterocycles. The maximum absolute atomic E-state index is 2.77. The number of benzene rings is 5. The van der Waals surface area contributed by atoms with Gasteiger partial charge in [0, 0.05) is 34.1 Å². The van der Waals surface area contributed by atoms with Crippen molar-refractivity contribution in [3.05, 3.63) is 122 Å². The van der Waals surface area contributed by atoms with Gasteiger partial charge in [-0.2, -0.15) is 0 Å². The predicted molar refractivity (Wildman–Crippen MR) is 289 cm³/mol. The van der Waals surface area contributed by atoms with Crippen molar-refractivity contribution in [2.75, 3.05) is 9.80 Å². The van der Waals surface area contributed by atoms with Gasteiger partial charge in [-0.1, -0.05) is 155 Å². The van der Waals surface area contributed by atoms with Crippen LogP contribution in [0.25, 0.3) is 0 Å². The Morgan fingerprint density at radius 3 is 1.17 bits per heavy atom. The Kier molecular flexibility index (Phi) is 9.47. The molecule has 5 aromatic carbocycles. The topological polar surface area (TPSA) is 6.48 Å².